The lowest BCUT2D eigenvalue weighted by molar-refractivity contribution is -0.123. The van der Waals surface area contributed by atoms with Crippen LogP contribution in [0.5, 0.6) is 0 Å². The minimum Gasteiger partial charge on any atom is -0.478 e. The Kier molecular flexibility index (Phi) is 4.52. The maximum atomic E-state index is 11.7. The van der Waals surface area contributed by atoms with Gasteiger partial charge in [-0.1, -0.05) is 12.1 Å². The predicted octanol–water partition coefficient (Wildman–Crippen LogP) is 1.57. The number of ether oxygens (including phenoxy) is 1. The predicted molar refractivity (Wildman–Crippen MR) is 68.8 cm³/mol. The minimum atomic E-state index is -0.965. The lowest BCUT2D eigenvalue weighted by Gasteiger charge is -2.10. The molecule has 5 nitrogen and oxygen atoms in total. The van der Waals surface area contributed by atoms with Crippen molar-refractivity contribution >= 4 is 11.9 Å². The number of carboxylic acids is 1. The van der Waals surface area contributed by atoms with E-state index in [2.05, 4.69) is 5.32 Å². The first-order valence-electron chi connectivity index (χ1n) is 6.35. The van der Waals surface area contributed by atoms with Crippen LogP contribution in [0.25, 0.3) is 0 Å². The summed E-state index contributed by atoms with van der Waals surface area (Å²) in [7, 11) is 0. The number of benzene rings is 1. The van der Waals surface area contributed by atoms with Crippen molar-refractivity contribution in [3.05, 3.63) is 35.4 Å². The zero-order chi connectivity index (χ0) is 13.7. The highest BCUT2D eigenvalue weighted by atomic mass is 16.5. The smallest absolute Gasteiger partial charge is 0.335 e. The van der Waals surface area contributed by atoms with Crippen LogP contribution >= 0.6 is 0 Å². The third-order valence-corrected chi connectivity index (χ3v) is 3.10. The van der Waals surface area contributed by atoms with Gasteiger partial charge in [0.1, 0.15) is 0 Å². The van der Waals surface area contributed by atoms with Crippen LogP contribution in [0.3, 0.4) is 0 Å². The first-order chi connectivity index (χ1) is 9.15. The fraction of sp³-hybridized carbons (Fsp3) is 0.429. The van der Waals surface area contributed by atoms with Crippen LogP contribution in [0.1, 0.15) is 35.2 Å². The second-order valence-electron chi connectivity index (χ2n) is 4.62. The summed E-state index contributed by atoms with van der Waals surface area (Å²) in [5.74, 6) is -1.03. The fourth-order valence-corrected chi connectivity index (χ4v) is 2.10. The molecule has 0 aliphatic carbocycles. The van der Waals surface area contributed by atoms with Crippen LogP contribution in [0.15, 0.2) is 24.3 Å². The summed E-state index contributed by atoms with van der Waals surface area (Å²) >= 11 is 0. The Bertz CT molecular complexity index is 466. The second-order valence-corrected chi connectivity index (χ2v) is 4.62. The lowest BCUT2D eigenvalue weighted by atomic mass is 10.1. The molecule has 0 aromatic heterocycles. The topological polar surface area (TPSA) is 75.6 Å². The Morgan fingerprint density at radius 1 is 1.42 bits per heavy atom. The van der Waals surface area contributed by atoms with E-state index in [0.717, 1.165) is 25.0 Å². The Balaban J connectivity index is 1.82. The summed E-state index contributed by atoms with van der Waals surface area (Å²) in [6.07, 6.45) is 2.35. The van der Waals surface area contributed by atoms with Crippen LogP contribution in [-0.4, -0.2) is 29.7 Å². The third-order valence-electron chi connectivity index (χ3n) is 3.10. The molecule has 0 spiro atoms. The fourth-order valence-electron chi connectivity index (χ4n) is 2.10. The van der Waals surface area contributed by atoms with Crippen molar-refractivity contribution < 1.29 is 19.4 Å². The van der Waals surface area contributed by atoms with E-state index in [0.29, 0.717) is 13.0 Å². The van der Waals surface area contributed by atoms with Gasteiger partial charge < -0.3 is 15.2 Å². The quantitative estimate of drug-likeness (QED) is 0.845. The molecular weight excluding hydrogens is 246 g/mol. The molecule has 1 aromatic rings. The second kappa shape index (κ2) is 6.33. The van der Waals surface area contributed by atoms with Crippen LogP contribution in [0.2, 0.25) is 0 Å². The van der Waals surface area contributed by atoms with E-state index in [9.17, 15) is 9.59 Å². The standard InChI is InChI=1S/C14H17NO4/c16-13(8-12-5-2-6-19-12)15-9-10-3-1-4-11(7-10)14(17)18/h1,3-4,7,12H,2,5-6,8-9H2,(H,15,16)(H,17,18)/t12-/m0/s1. The molecule has 1 saturated heterocycles. The van der Waals surface area contributed by atoms with E-state index in [1.807, 2.05) is 0 Å². The molecule has 2 N–H and O–H groups in total. The van der Waals surface area contributed by atoms with Crippen molar-refractivity contribution in [2.75, 3.05) is 6.61 Å². The number of hydrogen-bond donors (Lipinski definition) is 2. The highest BCUT2D eigenvalue weighted by Gasteiger charge is 2.18. The van der Waals surface area contributed by atoms with Crippen molar-refractivity contribution in [3.63, 3.8) is 0 Å². The van der Waals surface area contributed by atoms with Crippen LogP contribution in [-0.2, 0) is 16.1 Å². The molecule has 0 saturated carbocycles. The monoisotopic (exact) mass is 263 g/mol. The molecule has 1 heterocycles. The van der Waals surface area contributed by atoms with Gasteiger partial charge in [-0.2, -0.15) is 0 Å². The van der Waals surface area contributed by atoms with Crippen LogP contribution in [0.4, 0.5) is 0 Å². The summed E-state index contributed by atoms with van der Waals surface area (Å²) < 4.78 is 5.39. The number of carbonyl (C=O) groups excluding carboxylic acids is 1. The van der Waals surface area contributed by atoms with E-state index in [-0.39, 0.29) is 17.6 Å². The van der Waals surface area contributed by atoms with Gasteiger partial charge in [0.15, 0.2) is 0 Å². The van der Waals surface area contributed by atoms with Gasteiger partial charge in [-0.05, 0) is 30.5 Å². The molecule has 5 heteroatoms. The molecule has 2 rings (SSSR count). The normalized spacial score (nSPS) is 18.2. The first kappa shape index (κ1) is 13.5. The molecular formula is C14H17NO4. The molecule has 19 heavy (non-hydrogen) atoms. The highest BCUT2D eigenvalue weighted by Crippen LogP contribution is 2.15. The maximum absolute atomic E-state index is 11.7. The van der Waals surface area contributed by atoms with Crippen molar-refractivity contribution in [1.82, 2.24) is 5.32 Å². The number of hydrogen-bond acceptors (Lipinski definition) is 3. The van der Waals surface area contributed by atoms with Crippen molar-refractivity contribution in [3.8, 4) is 0 Å². The van der Waals surface area contributed by atoms with Crippen molar-refractivity contribution in [2.24, 2.45) is 0 Å². The molecule has 1 aromatic carbocycles. The van der Waals surface area contributed by atoms with Crippen LogP contribution in [0, 0.1) is 0 Å². The molecule has 1 aliphatic heterocycles. The first-order valence-corrected chi connectivity index (χ1v) is 6.35. The average molecular weight is 263 g/mol. The Morgan fingerprint density at radius 3 is 2.95 bits per heavy atom. The Labute approximate surface area is 111 Å². The van der Waals surface area contributed by atoms with Gasteiger partial charge in [-0.3, -0.25) is 4.79 Å². The van der Waals surface area contributed by atoms with E-state index < -0.39 is 5.97 Å². The van der Waals surface area contributed by atoms with Gasteiger partial charge in [-0.15, -0.1) is 0 Å². The van der Waals surface area contributed by atoms with E-state index in [1.165, 1.54) is 6.07 Å². The zero-order valence-electron chi connectivity index (χ0n) is 10.6. The molecule has 1 atom stereocenters. The summed E-state index contributed by atoms with van der Waals surface area (Å²) in [6, 6.07) is 6.55. The van der Waals surface area contributed by atoms with Gasteiger partial charge in [0.05, 0.1) is 18.1 Å². The van der Waals surface area contributed by atoms with E-state index >= 15 is 0 Å². The largest absolute Gasteiger partial charge is 0.478 e. The molecule has 0 bridgehead atoms. The SMILES string of the molecule is O=C(C[C@@H]1CCCO1)NCc1cccc(C(=O)O)c1. The van der Waals surface area contributed by atoms with Crippen molar-refractivity contribution in [2.45, 2.75) is 31.9 Å². The number of carboxylic acid groups (broad SMARTS) is 1. The summed E-state index contributed by atoms with van der Waals surface area (Å²) in [5.41, 5.74) is 1.01. The zero-order valence-corrected chi connectivity index (χ0v) is 10.6. The number of rotatable bonds is 5. The van der Waals surface area contributed by atoms with Gasteiger partial charge in [0.2, 0.25) is 5.91 Å². The van der Waals surface area contributed by atoms with Gasteiger partial charge >= 0.3 is 5.97 Å². The van der Waals surface area contributed by atoms with Crippen molar-refractivity contribution in [1.29, 1.82) is 0 Å². The highest BCUT2D eigenvalue weighted by molar-refractivity contribution is 5.87. The Morgan fingerprint density at radius 2 is 2.26 bits per heavy atom. The number of amides is 1. The molecule has 0 radical (unpaired) electrons. The van der Waals surface area contributed by atoms with Gasteiger partial charge in [0, 0.05) is 13.2 Å². The molecule has 0 unspecified atom stereocenters. The molecule has 1 aliphatic rings. The maximum Gasteiger partial charge on any atom is 0.335 e. The lowest BCUT2D eigenvalue weighted by Crippen LogP contribution is -2.26. The number of aromatic carboxylic acids is 1. The summed E-state index contributed by atoms with van der Waals surface area (Å²) in [5, 5.41) is 11.7. The Hall–Kier alpha value is -1.88. The number of nitrogens with one attached hydrogen (secondary N) is 1. The number of carbonyl (C=O) groups is 2. The minimum absolute atomic E-state index is 0.0327. The average Bonchev–Trinajstić information content (AvgIpc) is 2.89. The van der Waals surface area contributed by atoms with Crippen LogP contribution < -0.4 is 5.32 Å². The molecule has 1 fully saturated rings. The third kappa shape index (κ3) is 4.06. The van der Waals surface area contributed by atoms with E-state index in [1.54, 1.807) is 18.2 Å². The molecule has 1 amide bonds. The van der Waals surface area contributed by atoms with Gasteiger partial charge in [-0.25, -0.2) is 4.79 Å². The summed E-state index contributed by atoms with van der Waals surface area (Å²) in [6.45, 7) is 1.07. The molecule has 102 valence electrons. The van der Waals surface area contributed by atoms with Gasteiger partial charge in [0.25, 0.3) is 0 Å². The van der Waals surface area contributed by atoms with E-state index in [4.69, 9.17) is 9.84 Å². The summed E-state index contributed by atoms with van der Waals surface area (Å²) in [4.78, 5) is 22.5.